The van der Waals surface area contributed by atoms with Gasteiger partial charge in [-0.3, -0.25) is 9.59 Å². The Bertz CT molecular complexity index is 734. The predicted molar refractivity (Wildman–Crippen MR) is 94.1 cm³/mol. The fraction of sp³-hybridized carbons (Fsp3) is 0.333. The van der Waals surface area contributed by atoms with Crippen LogP contribution in [0.2, 0.25) is 0 Å². The van der Waals surface area contributed by atoms with Crippen LogP contribution in [0.4, 0.5) is 0 Å². The highest BCUT2D eigenvalue weighted by atomic mass is 79.9. The van der Waals surface area contributed by atoms with Crippen molar-refractivity contribution in [2.45, 2.75) is 39.2 Å². The van der Waals surface area contributed by atoms with E-state index in [9.17, 15) is 9.59 Å². The average molecular weight is 394 g/mol. The maximum Gasteiger partial charge on any atom is 0.305 e. The summed E-state index contributed by atoms with van der Waals surface area (Å²) < 4.78 is 6.49. The van der Waals surface area contributed by atoms with Crippen molar-refractivity contribution >= 4 is 27.8 Å². The summed E-state index contributed by atoms with van der Waals surface area (Å²) in [5, 5.41) is 11.9. The van der Waals surface area contributed by atoms with Crippen molar-refractivity contribution in [1.29, 1.82) is 0 Å². The number of hydrogen-bond acceptors (Lipinski definition) is 3. The molecule has 128 valence electrons. The van der Waals surface area contributed by atoms with Crippen molar-refractivity contribution in [2.75, 3.05) is 0 Å². The van der Waals surface area contributed by atoms with Crippen LogP contribution in [0.15, 0.2) is 39.2 Å². The number of hydrogen-bond donors (Lipinski definition) is 2. The summed E-state index contributed by atoms with van der Waals surface area (Å²) in [5.41, 5.74) is 1.17. The van der Waals surface area contributed by atoms with Gasteiger partial charge in [-0.15, -0.1) is 0 Å². The molecule has 2 aromatic rings. The monoisotopic (exact) mass is 393 g/mol. The number of aryl methyl sites for hydroxylation is 1. The summed E-state index contributed by atoms with van der Waals surface area (Å²) >= 11 is 3.34. The van der Waals surface area contributed by atoms with E-state index in [0.717, 1.165) is 15.8 Å². The average Bonchev–Trinajstić information content (AvgIpc) is 2.89. The van der Waals surface area contributed by atoms with Crippen LogP contribution in [0, 0.1) is 6.92 Å². The lowest BCUT2D eigenvalue weighted by atomic mass is 10.0. The molecule has 24 heavy (non-hydrogen) atoms. The van der Waals surface area contributed by atoms with Crippen LogP contribution >= 0.6 is 15.9 Å². The van der Waals surface area contributed by atoms with E-state index in [1.165, 1.54) is 0 Å². The van der Waals surface area contributed by atoms with Crippen LogP contribution in [-0.2, 0) is 4.79 Å². The number of furan rings is 1. The summed E-state index contributed by atoms with van der Waals surface area (Å²) in [6.45, 7) is 5.69. The highest BCUT2D eigenvalue weighted by Crippen LogP contribution is 2.24. The van der Waals surface area contributed by atoms with Gasteiger partial charge in [0, 0.05) is 10.4 Å². The Kier molecular flexibility index (Phi) is 5.83. The first-order valence-corrected chi connectivity index (χ1v) is 8.45. The minimum Gasteiger partial charge on any atom is -0.481 e. The fourth-order valence-electron chi connectivity index (χ4n) is 2.37. The number of benzene rings is 1. The molecule has 5 nitrogen and oxygen atoms in total. The van der Waals surface area contributed by atoms with Crippen LogP contribution in [0.5, 0.6) is 0 Å². The maximum absolute atomic E-state index is 12.6. The van der Waals surface area contributed by atoms with E-state index in [0.29, 0.717) is 11.3 Å². The number of carbonyl (C=O) groups excluding carboxylic acids is 1. The Morgan fingerprint density at radius 3 is 2.38 bits per heavy atom. The lowest BCUT2D eigenvalue weighted by Gasteiger charge is -2.17. The van der Waals surface area contributed by atoms with Gasteiger partial charge < -0.3 is 14.8 Å². The molecule has 0 aliphatic rings. The molecule has 0 aliphatic heterocycles. The minimum absolute atomic E-state index is 0.173. The second kappa shape index (κ2) is 7.66. The largest absolute Gasteiger partial charge is 0.481 e. The van der Waals surface area contributed by atoms with E-state index in [1.54, 1.807) is 25.1 Å². The zero-order chi connectivity index (χ0) is 17.9. The van der Waals surface area contributed by atoms with Crippen LogP contribution < -0.4 is 5.32 Å². The summed E-state index contributed by atoms with van der Waals surface area (Å²) in [6, 6.07) is 8.32. The van der Waals surface area contributed by atoms with Crippen LogP contribution in [0.3, 0.4) is 0 Å². The molecule has 1 heterocycles. The van der Waals surface area contributed by atoms with Gasteiger partial charge in [0.1, 0.15) is 11.5 Å². The van der Waals surface area contributed by atoms with Crippen molar-refractivity contribution in [3.63, 3.8) is 0 Å². The third kappa shape index (κ3) is 4.47. The predicted octanol–water partition coefficient (Wildman–Crippen LogP) is 4.42. The number of rotatable bonds is 6. The smallest absolute Gasteiger partial charge is 0.305 e. The van der Waals surface area contributed by atoms with Gasteiger partial charge >= 0.3 is 5.97 Å². The Morgan fingerprint density at radius 2 is 1.88 bits per heavy atom. The molecule has 0 radical (unpaired) electrons. The number of carbonyl (C=O) groups is 2. The Labute approximate surface area is 149 Å². The van der Waals surface area contributed by atoms with Crippen molar-refractivity contribution in [3.8, 4) is 0 Å². The number of amides is 1. The third-order valence-electron chi connectivity index (χ3n) is 3.71. The molecular formula is C18H20BrNO4. The molecule has 1 atom stereocenters. The van der Waals surface area contributed by atoms with E-state index < -0.39 is 12.0 Å². The van der Waals surface area contributed by atoms with Gasteiger partial charge in [0.15, 0.2) is 0 Å². The quantitative estimate of drug-likeness (QED) is 0.760. The maximum atomic E-state index is 12.6. The van der Waals surface area contributed by atoms with Gasteiger partial charge in [-0.2, -0.15) is 0 Å². The van der Waals surface area contributed by atoms with Crippen molar-refractivity contribution < 1.29 is 19.1 Å². The van der Waals surface area contributed by atoms with Gasteiger partial charge in [-0.25, -0.2) is 0 Å². The van der Waals surface area contributed by atoms with Gasteiger partial charge in [0.2, 0.25) is 0 Å². The Hall–Kier alpha value is -2.08. The van der Waals surface area contributed by atoms with Gasteiger partial charge in [-0.05, 0) is 30.7 Å². The Balaban J connectivity index is 2.24. The molecule has 0 fully saturated rings. The van der Waals surface area contributed by atoms with Gasteiger partial charge in [-0.1, -0.05) is 41.9 Å². The molecule has 0 saturated heterocycles. The van der Waals surface area contributed by atoms with Crippen molar-refractivity contribution in [2.24, 2.45) is 0 Å². The molecule has 1 unspecified atom stereocenters. The summed E-state index contributed by atoms with van der Waals surface area (Å²) in [7, 11) is 0. The number of carboxylic acids is 1. The van der Waals surface area contributed by atoms with E-state index in [-0.39, 0.29) is 18.2 Å². The van der Waals surface area contributed by atoms with E-state index in [2.05, 4.69) is 21.2 Å². The molecule has 1 aromatic heterocycles. The molecule has 6 heteroatoms. The SMILES string of the molecule is Cc1oc(C(C)C)cc1C(=O)NC(CC(=O)O)c1ccc(Br)cc1. The Morgan fingerprint density at radius 1 is 1.25 bits per heavy atom. The molecule has 0 bridgehead atoms. The molecule has 0 spiro atoms. The number of carboxylic acid groups (broad SMARTS) is 1. The van der Waals surface area contributed by atoms with Gasteiger partial charge in [0.25, 0.3) is 5.91 Å². The third-order valence-corrected chi connectivity index (χ3v) is 4.24. The number of nitrogens with one attached hydrogen (secondary N) is 1. The minimum atomic E-state index is -0.977. The van der Waals surface area contributed by atoms with Crippen LogP contribution in [-0.4, -0.2) is 17.0 Å². The summed E-state index contributed by atoms with van der Waals surface area (Å²) in [5.74, 6) is 0.121. The van der Waals surface area contributed by atoms with Crippen LogP contribution in [0.25, 0.3) is 0 Å². The number of aliphatic carboxylic acids is 1. The van der Waals surface area contributed by atoms with E-state index in [4.69, 9.17) is 9.52 Å². The number of halogens is 1. The standard InChI is InChI=1S/C18H20BrNO4/c1-10(2)16-8-14(11(3)24-16)18(23)20-15(9-17(21)22)12-4-6-13(19)7-5-12/h4-8,10,15H,9H2,1-3H3,(H,20,23)(H,21,22). The van der Waals surface area contributed by atoms with Crippen LogP contribution in [0.1, 0.15) is 59.7 Å². The lowest BCUT2D eigenvalue weighted by Crippen LogP contribution is -2.30. The molecule has 2 rings (SSSR count). The first kappa shape index (κ1) is 18.3. The first-order chi connectivity index (χ1) is 11.3. The first-order valence-electron chi connectivity index (χ1n) is 7.66. The highest BCUT2D eigenvalue weighted by Gasteiger charge is 2.22. The normalized spacial score (nSPS) is 12.2. The summed E-state index contributed by atoms with van der Waals surface area (Å²) in [6.07, 6.45) is -0.193. The van der Waals surface area contributed by atoms with Gasteiger partial charge in [0.05, 0.1) is 18.0 Å². The molecule has 1 aromatic carbocycles. The molecule has 1 amide bonds. The summed E-state index contributed by atoms with van der Waals surface area (Å²) in [4.78, 5) is 23.7. The molecule has 2 N–H and O–H groups in total. The molecular weight excluding hydrogens is 374 g/mol. The highest BCUT2D eigenvalue weighted by molar-refractivity contribution is 9.10. The van der Waals surface area contributed by atoms with E-state index >= 15 is 0 Å². The zero-order valence-corrected chi connectivity index (χ0v) is 15.4. The van der Waals surface area contributed by atoms with Crippen molar-refractivity contribution in [1.82, 2.24) is 5.32 Å². The zero-order valence-electron chi connectivity index (χ0n) is 13.8. The second-order valence-electron chi connectivity index (χ2n) is 5.95. The fourth-order valence-corrected chi connectivity index (χ4v) is 2.64. The molecule has 0 aliphatic carbocycles. The second-order valence-corrected chi connectivity index (χ2v) is 6.86. The lowest BCUT2D eigenvalue weighted by molar-refractivity contribution is -0.137. The van der Waals surface area contributed by atoms with E-state index in [1.807, 2.05) is 26.0 Å². The van der Waals surface area contributed by atoms with Crippen molar-refractivity contribution in [3.05, 3.63) is 57.5 Å². The molecule has 0 saturated carbocycles. The topological polar surface area (TPSA) is 79.5 Å².